The first-order valence-electron chi connectivity index (χ1n) is 7.93. The monoisotopic (exact) mass is 278 g/mol. The molecule has 1 aromatic rings. The van der Waals surface area contributed by atoms with Crippen molar-refractivity contribution in [3.05, 3.63) is 12.4 Å². The van der Waals surface area contributed by atoms with Gasteiger partial charge in [0.2, 0.25) is 0 Å². The number of anilines is 1. The molecule has 0 radical (unpaired) electrons. The summed E-state index contributed by atoms with van der Waals surface area (Å²) in [6.07, 6.45) is 10.5. The average molecular weight is 278 g/mol. The molecule has 0 aliphatic carbocycles. The zero-order valence-corrected chi connectivity index (χ0v) is 12.3. The second-order valence-electron chi connectivity index (χ2n) is 6.16. The van der Waals surface area contributed by atoms with Crippen LogP contribution in [0.25, 0.3) is 0 Å². The Labute approximate surface area is 121 Å². The first-order valence-corrected chi connectivity index (χ1v) is 7.93. The number of nitrogens with zero attached hydrogens (tertiary/aromatic N) is 2. The maximum atomic E-state index is 5.65. The van der Waals surface area contributed by atoms with Gasteiger partial charge in [-0.05, 0) is 45.6 Å². The Balaban J connectivity index is 1.45. The van der Waals surface area contributed by atoms with E-state index in [9.17, 15) is 0 Å². The fraction of sp³-hybridized carbons (Fsp3) is 0.800. The molecule has 0 amide bonds. The minimum absolute atomic E-state index is 0.350. The van der Waals surface area contributed by atoms with E-state index < -0.39 is 0 Å². The molecule has 2 fully saturated rings. The Kier molecular flexibility index (Phi) is 4.58. The lowest BCUT2D eigenvalue weighted by molar-refractivity contribution is 0.0940. The molecule has 3 heterocycles. The van der Waals surface area contributed by atoms with E-state index >= 15 is 0 Å². The highest BCUT2D eigenvalue weighted by Gasteiger charge is 2.18. The van der Waals surface area contributed by atoms with Crippen molar-refractivity contribution in [2.24, 2.45) is 0 Å². The van der Waals surface area contributed by atoms with Gasteiger partial charge in [0.25, 0.3) is 0 Å². The summed E-state index contributed by atoms with van der Waals surface area (Å²) in [6.45, 7) is 5.21. The molecule has 1 aromatic heterocycles. The van der Waals surface area contributed by atoms with Gasteiger partial charge in [0.05, 0.1) is 24.5 Å². The lowest BCUT2D eigenvalue weighted by Crippen LogP contribution is -2.29. The molecule has 0 bridgehead atoms. The third-order valence-corrected chi connectivity index (χ3v) is 4.26. The van der Waals surface area contributed by atoms with Crippen molar-refractivity contribution in [2.75, 3.05) is 18.5 Å². The molecule has 3 atom stereocenters. The fourth-order valence-corrected chi connectivity index (χ4v) is 3.26. The van der Waals surface area contributed by atoms with Gasteiger partial charge >= 0.3 is 0 Å². The van der Waals surface area contributed by atoms with Gasteiger partial charge in [-0.3, -0.25) is 4.68 Å². The van der Waals surface area contributed by atoms with E-state index in [4.69, 9.17) is 4.74 Å². The fourth-order valence-electron chi connectivity index (χ4n) is 3.26. The second-order valence-corrected chi connectivity index (χ2v) is 6.16. The number of hydrogen-bond acceptors (Lipinski definition) is 4. The molecule has 3 rings (SSSR count). The maximum Gasteiger partial charge on any atom is 0.0771 e. The number of aromatic nitrogens is 2. The van der Waals surface area contributed by atoms with Crippen molar-refractivity contribution in [2.45, 2.75) is 63.8 Å². The van der Waals surface area contributed by atoms with Crippen molar-refractivity contribution in [1.29, 1.82) is 0 Å². The Hall–Kier alpha value is -1.07. The van der Waals surface area contributed by atoms with Crippen LogP contribution in [0, 0.1) is 0 Å². The highest BCUT2D eigenvalue weighted by atomic mass is 16.5. The van der Waals surface area contributed by atoms with Crippen LogP contribution in [0.3, 0.4) is 0 Å². The van der Waals surface area contributed by atoms with Gasteiger partial charge < -0.3 is 15.4 Å². The Bertz CT molecular complexity index is 408. The van der Waals surface area contributed by atoms with E-state index in [1.54, 1.807) is 0 Å². The lowest BCUT2D eigenvalue weighted by atomic mass is 10.1. The van der Waals surface area contributed by atoms with Crippen LogP contribution in [0.1, 0.15) is 39.0 Å². The molecule has 2 N–H and O–H groups in total. The molecule has 2 aliphatic heterocycles. The van der Waals surface area contributed by atoms with Crippen molar-refractivity contribution in [1.82, 2.24) is 15.1 Å². The van der Waals surface area contributed by atoms with Crippen LogP contribution in [-0.2, 0) is 11.3 Å². The van der Waals surface area contributed by atoms with Crippen LogP contribution in [-0.4, -0.2) is 41.1 Å². The summed E-state index contributed by atoms with van der Waals surface area (Å²) in [5, 5.41) is 11.5. The predicted molar refractivity (Wildman–Crippen MR) is 79.9 cm³/mol. The molecule has 20 heavy (non-hydrogen) atoms. The third kappa shape index (κ3) is 3.73. The van der Waals surface area contributed by atoms with Crippen LogP contribution < -0.4 is 10.6 Å². The summed E-state index contributed by atoms with van der Waals surface area (Å²) in [6, 6.07) is 1.16. The van der Waals surface area contributed by atoms with Crippen LogP contribution in [0.4, 0.5) is 5.69 Å². The van der Waals surface area contributed by atoms with E-state index in [2.05, 4.69) is 28.9 Å². The molecule has 112 valence electrons. The SMILES string of the molecule is CC(CC1CCCN1)Nc1cnn(CC2CCCO2)c1. The number of ether oxygens (including phenoxy) is 1. The van der Waals surface area contributed by atoms with Crippen LogP contribution in [0.2, 0.25) is 0 Å². The van der Waals surface area contributed by atoms with Crippen molar-refractivity contribution >= 4 is 5.69 Å². The van der Waals surface area contributed by atoms with E-state index in [1.807, 2.05) is 10.9 Å². The molecule has 2 aliphatic rings. The van der Waals surface area contributed by atoms with Crippen molar-refractivity contribution in [3.8, 4) is 0 Å². The smallest absolute Gasteiger partial charge is 0.0771 e. The molecule has 0 spiro atoms. The minimum Gasteiger partial charge on any atom is -0.380 e. The van der Waals surface area contributed by atoms with Gasteiger partial charge in [-0.25, -0.2) is 0 Å². The lowest BCUT2D eigenvalue weighted by Gasteiger charge is -2.18. The predicted octanol–water partition coefficient (Wildman–Crippen LogP) is 2.00. The summed E-state index contributed by atoms with van der Waals surface area (Å²) in [4.78, 5) is 0. The summed E-state index contributed by atoms with van der Waals surface area (Å²) in [5.74, 6) is 0. The van der Waals surface area contributed by atoms with E-state index in [0.29, 0.717) is 18.2 Å². The van der Waals surface area contributed by atoms with Gasteiger partial charge in [0.15, 0.2) is 0 Å². The average Bonchev–Trinajstić information content (AvgIpc) is 3.12. The van der Waals surface area contributed by atoms with Gasteiger partial charge in [-0.2, -0.15) is 5.10 Å². The Morgan fingerprint density at radius 3 is 3.20 bits per heavy atom. The first-order chi connectivity index (χ1) is 9.79. The standard InChI is InChI=1S/C15H26N4O/c1-12(8-13-4-2-6-16-13)18-14-9-17-19(10-14)11-15-5-3-7-20-15/h9-10,12-13,15-16,18H,2-8,11H2,1H3. The highest BCUT2D eigenvalue weighted by molar-refractivity contribution is 5.39. The number of nitrogens with one attached hydrogen (secondary N) is 2. The number of rotatable bonds is 6. The zero-order chi connectivity index (χ0) is 13.8. The summed E-state index contributed by atoms with van der Waals surface area (Å²) in [7, 11) is 0. The molecule has 0 aromatic carbocycles. The zero-order valence-electron chi connectivity index (χ0n) is 12.3. The normalized spacial score (nSPS) is 27.9. The quantitative estimate of drug-likeness (QED) is 0.836. The van der Waals surface area contributed by atoms with E-state index in [-0.39, 0.29) is 0 Å². The Morgan fingerprint density at radius 1 is 1.50 bits per heavy atom. The van der Waals surface area contributed by atoms with Gasteiger partial charge in [0, 0.05) is 24.9 Å². The molecule has 5 nitrogen and oxygen atoms in total. The van der Waals surface area contributed by atoms with Crippen LogP contribution in [0.15, 0.2) is 12.4 Å². The molecule has 5 heteroatoms. The highest BCUT2D eigenvalue weighted by Crippen LogP contribution is 2.17. The number of hydrogen-bond donors (Lipinski definition) is 2. The third-order valence-electron chi connectivity index (χ3n) is 4.26. The molecule has 3 unspecified atom stereocenters. The largest absolute Gasteiger partial charge is 0.380 e. The van der Waals surface area contributed by atoms with Gasteiger partial charge in [-0.1, -0.05) is 0 Å². The summed E-state index contributed by atoms with van der Waals surface area (Å²) >= 11 is 0. The van der Waals surface area contributed by atoms with E-state index in [1.165, 1.54) is 32.2 Å². The molecular formula is C15H26N4O. The maximum absolute atomic E-state index is 5.65. The van der Waals surface area contributed by atoms with Gasteiger partial charge in [-0.15, -0.1) is 0 Å². The van der Waals surface area contributed by atoms with Crippen molar-refractivity contribution < 1.29 is 4.74 Å². The van der Waals surface area contributed by atoms with Crippen LogP contribution in [0.5, 0.6) is 0 Å². The van der Waals surface area contributed by atoms with Crippen LogP contribution >= 0.6 is 0 Å². The van der Waals surface area contributed by atoms with Crippen molar-refractivity contribution in [3.63, 3.8) is 0 Å². The first kappa shape index (κ1) is 13.9. The summed E-state index contributed by atoms with van der Waals surface area (Å²) in [5.41, 5.74) is 1.12. The molecule has 2 saturated heterocycles. The Morgan fingerprint density at radius 2 is 2.45 bits per heavy atom. The van der Waals surface area contributed by atoms with Gasteiger partial charge in [0.1, 0.15) is 0 Å². The van der Waals surface area contributed by atoms with E-state index in [0.717, 1.165) is 25.3 Å². The molecule has 0 saturated carbocycles. The summed E-state index contributed by atoms with van der Waals surface area (Å²) < 4.78 is 7.65. The minimum atomic E-state index is 0.350. The topological polar surface area (TPSA) is 51.1 Å². The molecular weight excluding hydrogens is 252 g/mol. The second kappa shape index (κ2) is 6.59.